The number of carbonyl (C=O) groups excluding carboxylic acids is 1. The van der Waals surface area contributed by atoms with Crippen molar-refractivity contribution >= 4 is 17.3 Å². The number of H-pyrrole nitrogens is 1. The molecule has 1 amide bonds. The molecule has 5 nitrogen and oxygen atoms in total. The van der Waals surface area contributed by atoms with Gasteiger partial charge in [-0.3, -0.25) is 9.89 Å². The van der Waals surface area contributed by atoms with Crippen molar-refractivity contribution in [2.45, 2.75) is 13.3 Å². The lowest BCUT2D eigenvalue weighted by Gasteiger charge is -2.02. The third-order valence-electron chi connectivity index (χ3n) is 3.00. The second-order valence-electron chi connectivity index (χ2n) is 4.21. The first-order valence-corrected chi connectivity index (χ1v) is 5.39. The maximum absolute atomic E-state index is 11.3. The van der Waals surface area contributed by atoms with Crippen LogP contribution in [0.1, 0.15) is 11.3 Å². The van der Waals surface area contributed by atoms with Gasteiger partial charge in [-0.15, -0.1) is 0 Å². The molecule has 1 aliphatic rings. The summed E-state index contributed by atoms with van der Waals surface area (Å²) >= 11 is 0. The van der Waals surface area contributed by atoms with Crippen LogP contribution in [0.4, 0.5) is 11.4 Å². The van der Waals surface area contributed by atoms with E-state index < -0.39 is 0 Å². The van der Waals surface area contributed by atoms with Crippen LogP contribution in [-0.4, -0.2) is 16.1 Å². The Labute approximate surface area is 98.0 Å². The Balaban J connectivity index is 2.09. The van der Waals surface area contributed by atoms with E-state index >= 15 is 0 Å². The number of aromatic amines is 1. The van der Waals surface area contributed by atoms with Crippen LogP contribution < -0.4 is 11.1 Å². The fourth-order valence-electron chi connectivity index (χ4n) is 2.03. The maximum Gasteiger partial charge on any atom is 0.228 e. The van der Waals surface area contributed by atoms with Gasteiger partial charge in [0.05, 0.1) is 17.8 Å². The zero-order valence-electron chi connectivity index (χ0n) is 9.37. The van der Waals surface area contributed by atoms with Crippen LogP contribution in [-0.2, 0) is 11.2 Å². The molecule has 0 aliphatic carbocycles. The smallest absolute Gasteiger partial charge is 0.228 e. The number of anilines is 2. The van der Waals surface area contributed by atoms with E-state index in [4.69, 9.17) is 5.73 Å². The SMILES string of the molecule is Cc1[nH]nc(-c2ccc3c(c2)CC(=O)N3)c1N. The third-order valence-corrected chi connectivity index (χ3v) is 3.00. The number of hydrogen-bond acceptors (Lipinski definition) is 3. The van der Waals surface area contributed by atoms with Crippen LogP contribution >= 0.6 is 0 Å². The second-order valence-corrected chi connectivity index (χ2v) is 4.21. The van der Waals surface area contributed by atoms with Crippen LogP contribution in [0.5, 0.6) is 0 Å². The van der Waals surface area contributed by atoms with E-state index in [0.717, 1.165) is 28.2 Å². The van der Waals surface area contributed by atoms with Gasteiger partial charge in [-0.05, 0) is 24.6 Å². The summed E-state index contributed by atoms with van der Waals surface area (Å²) in [7, 11) is 0. The average Bonchev–Trinajstić information content (AvgIpc) is 2.81. The zero-order valence-corrected chi connectivity index (χ0v) is 9.37. The second kappa shape index (κ2) is 3.35. The van der Waals surface area contributed by atoms with Crippen molar-refractivity contribution < 1.29 is 4.79 Å². The van der Waals surface area contributed by atoms with Gasteiger partial charge in [0.1, 0.15) is 5.69 Å². The Kier molecular flexibility index (Phi) is 1.95. The molecule has 0 saturated carbocycles. The highest BCUT2D eigenvalue weighted by molar-refractivity contribution is 5.99. The van der Waals surface area contributed by atoms with E-state index in [2.05, 4.69) is 15.5 Å². The zero-order chi connectivity index (χ0) is 12.0. The molecular weight excluding hydrogens is 216 g/mol. The molecule has 2 aromatic rings. The molecule has 0 bridgehead atoms. The number of fused-ring (bicyclic) bond motifs is 1. The molecule has 2 heterocycles. The molecule has 86 valence electrons. The summed E-state index contributed by atoms with van der Waals surface area (Å²) in [5.41, 5.74) is 11.0. The number of aromatic nitrogens is 2. The molecule has 17 heavy (non-hydrogen) atoms. The van der Waals surface area contributed by atoms with Crippen molar-refractivity contribution in [3.8, 4) is 11.3 Å². The Morgan fingerprint density at radius 3 is 2.94 bits per heavy atom. The molecule has 0 unspecified atom stereocenters. The number of nitrogens with zero attached hydrogens (tertiary/aromatic N) is 1. The lowest BCUT2D eigenvalue weighted by atomic mass is 10.0. The molecule has 0 atom stereocenters. The Bertz CT molecular complexity index is 615. The third kappa shape index (κ3) is 1.47. The Morgan fingerprint density at radius 2 is 2.24 bits per heavy atom. The van der Waals surface area contributed by atoms with Crippen molar-refractivity contribution in [2.75, 3.05) is 11.1 Å². The molecule has 0 fully saturated rings. The van der Waals surface area contributed by atoms with E-state index in [0.29, 0.717) is 12.1 Å². The first kappa shape index (κ1) is 9.89. The van der Waals surface area contributed by atoms with Gasteiger partial charge in [-0.2, -0.15) is 5.10 Å². The van der Waals surface area contributed by atoms with Gasteiger partial charge >= 0.3 is 0 Å². The summed E-state index contributed by atoms with van der Waals surface area (Å²) < 4.78 is 0. The summed E-state index contributed by atoms with van der Waals surface area (Å²) in [6, 6.07) is 5.76. The van der Waals surface area contributed by atoms with Crippen LogP contribution in [0.15, 0.2) is 18.2 Å². The maximum atomic E-state index is 11.3. The molecule has 0 saturated heterocycles. The van der Waals surface area contributed by atoms with Gasteiger partial charge < -0.3 is 11.1 Å². The highest BCUT2D eigenvalue weighted by Crippen LogP contribution is 2.31. The predicted octanol–water partition coefficient (Wildman–Crippen LogP) is 1.46. The van der Waals surface area contributed by atoms with Gasteiger partial charge in [-0.1, -0.05) is 6.07 Å². The quantitative estimate of drug-likeness (QED) is 0.691. The minimum atomic E-state index is 0.0309. The lowest BCUT2D eigenvalue weighted by Crippen LogP contribution is -2.03. The first-order chi connectivity index (χ1) is 8.15. The Morgan fingerprint density at radius 1 is 1.41 bits per heavy atom. The van der Waals surface area contributed by atoms with Crippen molar-refractivity contribution in [3.05, 3.63) is 29.5 Å². The van der Waals surface area contributed by atoms with Gasteiger partial charge in [0.25, 0.3) is 0 Å². The summed E-state index contributed by atoms with van der Waals surface area (Å²) in [5.74, 6) is 0.0309. The number of nitrogens with one attached hydrogen (secondary N) is 2. The van der Waals surface area contributed by atoms with E-state index in [9.17, 15) is 4.79 Å². The number of benzene rings is 1. The molecule has 1 aromatic carbocycles. The minimum absolute atomic E-state index is 0.0309. The van der Waals surface area contributed by atoms with Gasteiger partial charge in [0.15, 0.2) is 0 Å². The lowest BCUT2D eigenvalue weighted by molar-refractivity contribution is -0.115. The number of nitrogens with two attached hydrogens (primary N) is 1. The number of amides is 1. The van der Waals surface area contributed by atoms with Crippen molar-refractivity contribution in [2.24, 2.45) is 0 Å². The van der Waals surface area contributed by atoms with E-state index in [1.54, 1.807) is 0 Å². The molecule has 1 aromatic heterocycles. The molecule has 3 rings (SSSR count). The average molecular weight is 228 g/mol. The fraction of sp³-hybridized carbons (Fsp3) is 0.167. The van der Waals surface area contributed by atoms with Crippen LogP contribution in [0.25, 0.3) is 11.3 Å². The normalized spacial score (nSPS) is 13.6. The number of nitrogen functional groups attached to an aromatic ring is 1. The minimum Gasteiger partial charge on any atom is -0.395 e. The topological polar surface area (TPSA) is 83.8 Å². The summed E-state index contributed by atoms with van der Waals surface area (Å²) in [5, 5.41) is 9.83. The molecule has 5 heteroatoms. The molecule has 1 aliphatic heterocycles. The number of rotatable bonds is 1. The highest BCUT2D eigenvalue weighted by Gasteiger charge is 2.19. The summed E-state index contributed by atoms with van der Waals surface area (Å²) in [6.07, 6.45) is 0.423. The van der Waals surface area contributed by atoms with Crippen molar-refractivity contribution in [3.63, 3.8) is 0 Å². The van der Waals surface area contributed by atoms with Crippen molar-refractivity contribution in [1.82, 2.24) is 10.2 Å². The predicted molar refractivity (Wildman–Crippen MR) is 65.5 cm³/mol. The number of aryl methyl sites for hydroxylation is 1. The molecule has 0 spiro atoms. The van der Waals surface area contributed by atoms with Gasteiger partial charge in [0, 0.05) is 11.3 Å². The van der Waals surface area contributed by atoms with E-state index in [1.165, 1.54) is 0 Å². The number of hydrogen-bond donors (Lipinski definition) is 3. The molecule has 4 N–H and O–H groups in total. The first-order valence-electron chi connectivity index (χ1n) is 5.39. The van der Waals surface area contributed by atoms with Gasteiger partial charge in [0.2, 0.25) is 5.91 Å². The van der Waals surface area contributed by atoms with Crippen LogP contribution in [0.3, 0.4) is 0 Å². The fourth-order valence-corrected chi connectivity index (χ4v) is 2.03. The largest absolute Gasteiger partial charge is 0.395 e. The molecule has 0 radical (unpaired) electrons. The standard InChI is InChI=1S/C12H12N4O/c1-6-11(13)12(16-15-6)7-2-3-9-8(4-7)5-10(17)14-9/h2-4H,5,13H2,1H3,(H,14,17)(H,15,16). The highest BCUT2D eigenvalue weighted by atomic mass is 16.1. The summed E-state index contributed by atoms with van der Waals surface area (Å²) in [6.45, 7) is 1.88. The van der Waals surface area contributed by atoms with E-state index in [1.807, 2.05) is 25.1 Å². The Hall–Kier alpha value is -2.30. The number of carbonyl (C=O) groups is 1. The van der Waals surface area contributed by atoms with E-state index in [-0.39, 0.29) is 5.91 Å². The van der Waals surface area contributed by atoms with Crippen molar-refractivity contribution in [1.29, 1.82) is 0 Å². The van der Waals surface area contributed by atoms with Gasteiger partial charge in [-0.25, -0.2) is 0 Å². The van der Waals surface area contributed by atoms with Crippen LogP contribution in [0.2, 0.25) is 0 Å². The summed E-state index contributed by atoms with van der Waals surface area (Å²) in [4.78, 5) is 11.3. The monoisotopic (exact) mass is 228 g/mol. The molecular formula is C12H12N4O. The van der Waals surface area contributed by atoms with Crippen LogP contribution in [0, 0.1) is 6.92 Å².